The minimum Gasteiger partial charge on any atom is -0.370 e. The highest BCUT2D eigenvalue weighted by Crippen LogP contribution is 2.19. The maximum Gasteiger partial charge on any atom is 0.217 e. The number of nitrogens with two attached hydrogens (primary N) is 1. The van der Waals surface area contributed by atoms with Gasteiger partial charge in [-0.15, -0.1) is 24.0 Å². The average Bonchev–Trinajstić information content (AvgIpc) is 2.82. The molecule has 7 nitrogen and oxygen atoms in total. The summed E-state index contributed by atoms with van der Waals surface area (Å²) < 4.78 is 5.18. The van der Waals surface area contributed by atoms with E-state index in [9.17, 15) is 4.79 Å². The Hall–Kier alpha value is -1.32. The highest BCUT2D eigenvalue weighted by Gasteiger charge is 2.23. The highest BCUT2D eigenvalue weighted by atomic mass is 127. The van der Waals surface area contributed by atoms with Crippen LogP contribution in [0.25, 0.3) is 0 Å². The van der Waals surface area contributed by atoms with E-state index in [1.54, 1.807) is 7.05 Å². The van der Waals surface area contributed by atoms with E-state index >= 15 is 0 Å². The Morgan fingerprint density at radius 1 is 1.50 bits per heavy atom. The van der Waals surface area contributed by atoms with E-state index in [-0.39, 0.29) is 29.9 Å². The van der Waals surface area contributed by atoms with Gasteiger partial charge in [0.15, 0.2) is 5.96 Å². The lowest BCUT2D eigenvalue weighted by molar-refractivity contribution is -0.119. The number of nitrogens with one attached hydrogen (secondary N) is 1. The zero-order valence-corrected chi connectivity index (χ0v) is 17.0. The summed E-state index contributed by atoms with van der Waals surface area (Å²) in [6, 6.07) is 0. The van der Waals surface area contributed by atoms with Crippen molar-refractivity contribution in [3.8, 4) is 0 Å². The Morgan fingerprint density at radius 3 is 2.83 bits per heavy atom. The molecule has 0 aromatic carbocycles. The fourth-order valence-electron chi connectivity index (χ4n) is 3.20. The first kappa shape index (κ1) is 20.7. The maximum atomic E-state index is 11.1. The van der Waals surface area contributed by atoms with E-state index in [1.807, 2.05) is 13.8 Å². The number of aliphatic imine (C=N–C) groups is 1. The van der Waals surface area contributed by atoms with Crippen molar-refractivity contribution in [2.24, 2.45) is 16.6 Å². The molecular formula is C16H28IN5O2. The van der Waals surface area contributed by atoms with Crippen LogP contribution in [-0.4, -0.2) is 48.6 Å². The molecule has 8 heteroatoms. The number of aryl methyl sites for hydroxylation is 2. The quantitative estimate of drug-likeness (QED) is 0.405. The summed E-state index contributed by atoms with van der Waals surface area (Å²) in [6.07, 6.45) is 3.41. The zero-order valence-electron chi connectivity index (χ0n) is 14.7. The summed E-state index contributed by atoms with van der Waals surface area (Å²) in [4.78, 5) is 17.7. The van der Waals surface area contributed by atoms with Crippen LogP contribution < -0.4 is 11.1 Å². The Balaban J connectivity index is 0.00000288. The predicted octanol–water partition coefficient (Wildman–Crippen LogP) is 1.61. The summed E-state index contributed by atoms with van der Waals surface area (Å²) in [5.74, 6) is 1.85. The van der Waals surface area contributed by atoms with Gasteiger partial charge < -0.3 is 20.5 Å². The second kappa shape index (κ2) is 9.85. The SMILES string of the molecule is CN=C(NCCc1c(C)noc1C)N1CCCC(CC(N)=O)C1.I. The van der Waals surface area contributed by atoms with Crippen molar-refractivity contribution in [2.45, 2.75) is 39.5 Å². The van der Waals surface area contributed by atoms with Crippen molar-refractivity contribution in [2.75, 3.05) is 26.7 Å². The first-order chi connectivity index (χ1) is 11.0. The van der Waals surface area contributed by atoms with Gasteiger partial charge in [0.05, 0.1) is 5.69 Å². The molecule has 2 heterocycles. The fourth-order valence-corrected chi connectivity index (χ4v) is 3.20. The molecule has 1 aromatic heterocycles. The first-order valence-electron chi connectivity index (χ1n) is 8.17. The molecule has 3 N–H and O–H groups in total. The van der Waals surface area contributed by atoms with Crippen LogP contribution >= 0.6 is 24.0 Å². The van der Waals surface area contributed by atoms with E-state index in [0.717, 1.165) is 61.9 Å². The van der Waals surface area contributed by atoms with Gasteiger partial charge in [0.25, 0.3) is 0 Å². The molecule has 1 aliphatic rings. The molecule has 2 rings (SSSR count). The van der Waals surface area contributed by atoms with Gasteiger partial charge in [0, 0.05) is 38.7 Å². The number of likely N-dealkylation sites (tertiary alicyclic amines) is 1. The molecule has 1 amide bonds. The van der Waals surface area contributed by atoms with Crippen molar-refractivity contribution in [3.05, 3.63) is 17.0 Å². The fraction of sp³-hybridized carbons (Fsp3) is 0.688. The number of hydrogen-bond donors (Lipinski definition) is 2. The Morgan fingerprint density at radius 2 is 2.25 bits per heavy atom. The normalized spacial score (nSPS) is 18.2. The van der Waals surface area contributed by atoms with Crippen LogP contribution in [-0.2, 0) is 11.2 Å². The third-order valence-electron chi connectivity index (χ3n) is 4.36. The van der Waals surface area contributed by atoms with Crippen LogP contribution in [0, 0.1) is 19.8 Å². The largest absolute Gasteiger partial charge is 0.370 e. The maximum absolute atomic E-state index is 11.1. The standard InChI is InChI=1S/C16H27N5O2.HI/c1-11-14(12(2)23-20-11)6-7-19-16(18-3)21-8-4-5-13(10-21)9-15(17)22;/h13H,4-10H2,1-3H3,(H2,17,22)(H,18,19);1H. The number of primary amides is 1. The van der Waals surface area contributed by atoms with Gasteiger partial charge in [-0.3, -0.25) is 9.79 Å². The van der Waals surface area contributed by atoms with Crippen LogP contribution in [0.2, 0.25) is 0 Å². The number of amides is 1. The molecule has 136 valence electrons. The zero-order chi connectivity index (χ0) is 16.8. The third kappa shape index (κ3) is 5.64. The molecule has 24 heavy (non-hydrogen) atoms. The predicted molar refractivity (Wildman–Crippen MR) is 105 cm³/mol. The van der Waals surface area contributed by atoms with Gasteiger partial charge in [-0.05, 0) is 39.0 Å². The number of carbonyl (C=O) groups is 1. The molecule has 1 atom stereocenters. The van der Waals surface area contributed by atoms with Crippen LogP contribution in [0.3, 0.4) is 0 Å². The summed E-state index contributed by atoms with van der Waals surface area (Å²) in [5.41, 5.74) is 7.42. The summed E-state index contributed by atoms with van der Waals surface area (Å²) in [6.45, 7) is 6.45. The van der Waals surface area contributed by atoms with Crippen molar-refractivity contribution in [1.82, 2.24) is 15.4 Å². The number of aromatic nitrogens is 1. The lowest BCUT2D eigenvalue weighted by Gasteiger charge is -2.34. The summed E-state index contributed by atoms with van der Waals surface area (Å²) >= 11 is 0. The molecule has 0 radical (unpaired) electrons. The van der Waals surface area contributed by atoms with E-state index in [0.29, 0.717) is 12.3 Å². The van der Waals surface area contributed by atoms with Crippen LogP contribution in [0.4, 0.5) is 0 Å². The molecule has 0 spiro atoms. The molecule has 1 fully saturated rings. The second-order valence-corrected chi connectivity index (χ2v) is 6.15. The molecule has 1 aromatic rings. The van der Waals surface area contributed by atoms with E-state index < -0.39 is 0 Å². The number of halogens is 1. The van der Waals surface area contributed by atoms with Crippen LogP contribution in [0.15, 0.2) is 9.52 Å². The minimum absolute atomic E-state index is 0. The average molecular weight is 449 g/mol. The lowest BCUT2D eigenvalue weighted by Crippen LogP contribution is -2.47. The first-order valence-corrected chi connectivity index (χ1v) is 8.17. The van der Waals surface area contributed by atoms with Crippen molar-refractivity contribution < 1.29 is 9.32 Å². The Bertz CT molecular complexity index is 553. The van der Waals surface area contributed by atoms with Gasteiger partial charge in [0.2, 0.25) is 5.91 Å². The number of rotatable bonds is 5. The Labute approximate surface area is 160 Å². The van der Waals surface area contributed by atoms with E-state index in [4.69, 9.17) is 10.3 Å². The van der Waals surface area contributed by atoms with E-state index in [2.05, 4.69) is 20.4 Å². The molecular weight excluding hydrogens is 421 g/mol. The third-order valence-corrected chi connectivity index (χ3v) is 4.36. The van der Waals surface area contributed by atoms with Crippen LogP contribution in [0.1, 0.15) is 36.3 Å². The molecule has 0 aliphatic carbocycles. The van der Waals surface area contributed by atoms with Gasteiger partial charge in [-0.2, -0.15) is 0 Å². The number of carbonyl (C=O) groups excluding carboxylic acids is 1. The van der Waals surface area contributed by atoms with Gasteiger partial charge >= 0.3 is 0 Å². The number of guanidine groups is 1. The summed E-state index contributed by atoms with van der Waals surface area (Å²) in [5, 5.41) is 7.37. The minimum atomic E-state index is -0.224. The number of hydrogen-bond acceptors (Lipinski definition) is 4. The molecule has 0 bridgehead atoms. The second-order valence-electron chi connectivity index (χ2n) is 6.15. The van der Waals surface area contributed by atoms with Crippen molar-refractivity contribution in [3.63, 3.8) is 0 Å². The highest BCUT2D eigenvalue weighted by molar-refractivity contribution is 14.0. The van der Waals surface area contributed by atoms with Gasteiger partial charge in [-0.25, -0.2) is 0 Å². The smallest absolute Gasteiger partial charge is 0.217 e. The molecule has 0 saturated carbocycles. The van der Waals surface area contributed by atoms with Crippen LogP contribution in [0.5, 0.6) is 0 Å². The van der Waals surface area contributed by atoms with Gasteiger partial charge in [-0.1, -0.05) is 5.16 Å². The molecule has 1 unspecified atom stereocenters. The number of piperidine rings is 1. The molecule has 1 aliphatic heterocycles. The van der Waals surface area contributed by atoms with Crippen molar-refractivity contribution >= 4 is 35.8 Å². The topological polar surface area (TPSA) is 96.8 Å². The van der Waals surface area contributed by atoms with E-state index in [1.165, 1.54) is 0 Å². The summed E-state index contributed by atoms with van der Waals surface area (Å²) in [7, 11) is 1.79. The van der Waals surface area contributed by atoms with Gasteiger partial charge in [0.1, 0.15) is 5.76 Å². The lowest BCUT2D eigenvalue weighted by atomic mass is 9.95. The Kier molecular flexibility index (Phi) is 8.51. The monoisotopic (exact) mass is 449 g/mol. The molecule has 1 saturated heterocycles. The van der Waals surface area contributed by atoms with Crippen molar-refractivity contribution in [1.29, 1.82) is 0 Å². The number of nitrogens with zero attached hydrogens (tertiary/aromatic N) is 3.